The predicted molar refractivity (Wildman–Crippen MR) is 230 cm³/mol. The van der Waals surface area contributed by atoms with E-state index in [0.717, 1.165) is 11.3 Å². The van der Waals surface area contributed by atoms with Gasteiger partial charge in [0.1, 0.15) is 11.9 Å². The topological polar surface area (TPSA) is 64.6 Å². The van der Waals surface area contributed by atoms with Gasteiger partial charge in [0.15, 0.2) is 20.9 Å². The quantitative estimate of drug-likeness (QED) is 0.0681. The molecule has 1 heterocycles. The highest BCUT2D eigenvalue weighted by molar-refractivity contribution is 6.99. The molecule has 0 fully saturated rings. The smallest absolute Gasteiger partial charge is 0.262 e. The van der Waals surface area contributed by atoms with Crippen molar-refractivity contribution in [3.63, 3.8) is 0 Å². The van der Waals surface area contributed by atoms with E-state index >= 15 is 0 Å². The minimum absolute atomic E-state index is 0.0329. The van der Waals surface area contributed by atoms with Crippen molar-refractivity contribution in [2.75, 3.05) is 20.3 Å². The van der Waals surface area contributed by atoms with Crippen LogP contribution < -0.4 is 15.1 Å². The normalized spacial score (nSPS) is 20.0. The zero-order chi connectivity index (χ0) is 40.3. The third-order valence-corrected chi connectivity index (χ3v) is 20.4. The molecule has 0 saturated heterocycles. The van der Waals surface area contributed by atoms with Gasteiger partial charge in [0.05, 0.1) is 32.5 Å². The average Bonchev–Trinajstić information content (AvgIpc) is 3.14. The Kier molecular flexibility index (Phi) is 16.3. The lowest BCUT2D eigenvalue weighted by molar-refractivity contribution is -0.172. The average molecular weight is 789 g/mol. The van der Waals surface area contributed by atoms with Gasteiger partial charge in [0.2, 0.25) is 0 Å². The van der Waals surface area contributed by atoms with E-state index in [9.17, 15) is 0 Å². The van der Waals surface area contributed by atoms with Crippen LogP contribution in [-0.2, 0) is 34.4 Å². The van der Waals surface area contributed by atoms with Crippen LogP contribution >= 0.6 is 0 Å². The van der Waals surface area contributed by atoms with Crippen molar-refractivity contribution in [2.24, 2.45) is 5.92 Å². The van der Waals surface area contributed by atoms with E-state index in [4.69, 9.17) is 32.5 Å². The van der Waals surface area contributed by atoms with Crippen LogP contribution in [0.4, 0.5) is 0 Å². The van der Waals surface area contributed by atoms with Gasteiger partial charge in [-0.3, -0.25) is 0 Å². The zero-order valence-corrected chi connectivity index (χ0v) is 37.5. The van der Waals surface area contributed by atoms with Crippen molar-refractivity contribution in [3.05, 3.63) is 115 Å². The third-order valence-electron chi connectivity index (χ3n) is 10.9. The maximum atomic E-state index is 7.64. The standard InChI is InChI=1S/C46H68O7Si2/c1-13-49-36(3)50-41(35(2)33-48-34-37-27-29-38(47-10)30-28-37)25-20-26-42-43(31-32-44(51-42)53-54(11,12)45(4,5)6)52-55(46(7,8)9,39-21-16-14-17-22-39)40-23-18-15-19-24-40/h14-24,26-32,35-36,41-44H,13,25,33-34H2,1-12H3/b26-20+/t35-,36?,41-,42-,43-,44?/m0/s1. The Balaban J connectivity index is 1.65. The van der Waals surface area contributed by atoms with E-state index in [1.165, 1.54) is 10.4 Å². The molecule has 2 unspecified atom stereocenters. The van der Waals surface area contributed by atoms with Crippen LogP contribution in [0.3, 0.4) is 0 Å². The zero-order valence-electron chi connectivity index (χ0n) is 35.5. The van der Waals surface area contributed by atoms with Crippen LogP contribution in [-0.4, -0.2) is 67.9 Å². The molecule has 0 bridgehead atoms. The van der Waals surface area contributed by atoms with Crippen molar-refractivity contribution in [1.29, 1.82) is 0 Å². The third kappa shape index (κ3) is 12.1. The van der Waals surface area contributed by atoms with Crippen molar-refractivity contribution in [2.45, 2.75) is 129 Å². The summed E-state index contributed by atoms with van der Waals surface area (Å²) in [6, 6.07) is 29.5. The van der Waals surface area contributed by atoms with Crippen LogP contribution in [0.15, 0.2) is 109 Å². The fourth-order valence-electron chi connectivity index (χ4n) is 6.76. The van der Waals surface area contributed by atoms with Gasteiger partial charge in [0.25, 0.3) is 8.32 Å². The predicted octanol–water partition coefficient (Wildman–Crippen LogP) is 9.81. The highest BCUT2D eigenvalue weighted by atomic mass is 28.4. The minimum atomic E-state index is -2.90. The second-order valence-electron chi connectivity index (χ2n) is 17.2. The largest absolute Gasteiger partial charge is 0.497 e. The second kappa shape index (κ2) is 20.0. The maximum Gasteiger partial charge on any atom is 0.262 e. The fraction of sp³-hybridized carbons (Fsp3) is 0.522. The molecular weight excluding hydrogens is 721 g/mol. The molecule has 0 spiro atoms. The Labute approximate surface area is 334 Å². The van der Waals surface area contributed by atoms with E-state index < -0.39 is 29.0 Å². The number of hydrogen-bond acceptors (Lipinski definition) is 7. The summed E-state index contributed by atoms with van der Waals surface area (Å²) in [5.41, 5.74) is 1.09. The minimum Gasteiger partial charge on any atom is -0.497 e. The second-order valence-corrected chi connectivity index (χ2v) is 26.2. The molecular formula is C46H68O7Si2. The maximum absolute atomic E-state index is 7.64. The summed E-state index contributed by atoms with van der Waals surface area (Å²) >= 11 is 0. The Hall–Kier alpha value is -2.87. The van der Waals surface area contributed by atoms with Gasteiger partial charge < -0.3 is 32.5 Å². The first-order valence-electron chi connectivity index (χ1n) is 20.0. The van der Waals surface area contributed by atoms with Gasteiger partial charge in [-0.05, 0) is 77.6 Å². The highest BCUT2D eigenvalue weighted by Crippen LogP contribution is 2.41. The van der Waals surface area contributed by atoms with Gasteiger partial charge in [-0.25, -0.2) is 0 Å². The molecule has 0 radical (unpaired) electrons. The SMILES string of the molecule is CCOC(C)O[C@@H](C/C=C/[C@@H]1OC(O[Si](C)(C)C(C)(C)C)C=C[C@@H]1O[Si](c1ccccc1)(c1ccccc1)C(C)(C)C)[C@@H](C)COCc1ccc(OC)cc1. The first-order chi connectivity index (χ1) is 26.0. The summed E-state index contributed by atoms with van der Waals surface area (Å²) in [7, 11) is -3.37. The Bertz CT molecular complexity index is 1570. The van der Waals surface area contributed by atoms with Crippen molar-refractivity contribution in [1.82, 2.24) is 0 Å². The highest BCUT2D eigenvalue weighted by Gasteiger charge is 2.52. The number of rotatable bonds is 19. The van der Waals surface area contributed by atoms with Crippen LogP contribution in [0.25, 0.3) is 0 Å². The Morgan fingerprint density at radius 2 is 1.38 bits per heavy atom. The number of benzene rings is 3. The molecule has 0 aliphatic carbocycles. The van der Waals surface area contributed by atoms with Crippen LogP contribution in [0.2, 0.25) is 23.2 Å². The summed E-state index contributed by atoms with van der Waals surface area (Å²) < 4.78 is 45.2. The molecule has 6 atom stereocenters. The molecule has 1 aliphatic rings. The lowest BCUT2D eigenvalue weighted by Gasteiger charge is -2.47. The molecule has 4 rings (SSSR count). The summed E-state index contributed by atoms with van der Waals surface area (Å²) in [5.74, 6) is 0.925. The lowest BCUT2D eigenvalue weighted by Crippen LogP contribution is -2.68. The van der Waals surface area contributed by atoms with Crippen LogP contribution in [0.1, 0.15) is 74.3 Å². The van der Waals surface area contributed by atoms with Gasteiger partial charge in [-0.15, -0.1) is 0 Å². The van der Waals surface area contributed by atoms with Crippen molar-refractivity contribution < 1.29 is 32.5 Å². The van der Waals surface area contributed by atoms with E-state index in [2.05, 4.69) is 147 Å². The van der Waals surface area contributed by atoms with Gasteiger partial charge in [-0.2, -0.15) is 0 Å². The fourth-order valence-corrected chi connectivity index (χ4v) is 12.5. The van der Waals surface area contributed by atoms with E-state index in [0.29, 0.717) is 26.2 Å². The molecule has 3 aromatic rings. The molecule has 55 heavy (non-hydrogen) atoms. The van der Waals surface area contributed by atoms with Gasteiger partial charge in [0, 0.05) is 12.5 Å². The molecule has 1 aliphatic heterocycles. The number of ether oxygens (including phenoxy) is 5. The molecule has 0 N–H and O–H groups in total. The number of hydrogen-bond donors (Lipinski definition) is 0. The lowest BCUT2D eigenvalue weighted by atomic mass is 10.0. The molecule has 7 nitrogen and oxygen atoms in total. The summed E-state index contributed by atoms with van der Waals surface area (Å²) in [5, 5.41) is 2.30. The molecule has 302 valence electrons. The summed E-state index contributed by atoms with van der Waals surface area (Å²) in [6.07, 6.45) is 7.48. The van der Waals surface area contributed by atoms with Crippen LogP contribution in [0, 0.1) is 5.92 Å². The van der Waals surface area contributed by atoms with Gasteiger partial charge >= 0.3 is 0 Å². The van der Waals surface area contributed by atoms with E-state index in [-0.39, 0.29) is 34.5 Å². The first kappa shape index (κ1) is 44.8. The summed E-state index contributed by atoms with van der Waals surface area (Å²) in [6.45, 7) is 25.9. The Morgan fingerprint density at radius 3 is 1.91 bits per heavy atom. The molecule has 0 amide bonds. The first-order valence-corrected chi connectivity index (χ1v) is 24.8. The van der Waals surface area contributed by atoms with Crippen molar-refractivity contribution in [3.8, 4) is 5.75 Å². The summed E-state index contributed by atoms with van der Waals surface area (Å²) in [4.78, 5) is 0. The molecule has 0 aromatic heterocycles. The molecule has 9 heteroatoms. The van der Waals surface area contributed by atoms with Crippen molar-refractivity contribution >= 4 is 27.0 Å². The Morgan fingerprint density at radius 1 is 0.782 bits per heavy atom. The monoisotopic (exact) mass is 788 g/mol. The van der Waals surface area contributed by atoms with E-state index in [1.807, 2.05) is 38.1 Å². The number of methoxy groups -OCH3 is 1. The molecule has 3 aromatic carbocycles. The van der Waals surface area contributed by atoms with Gasteiger partial charge in [-0.1, -0.05) is 139 Å². The van der Waals surface area contributed by atoms with Crippen LogP contribution in [0.5, 0.6) is 5.75 Å². The molecule has 0 saturated carbocycles. The van der Waals surface area contributed by atoms with E-state index in [1.54, 1.807) is 7.11 Å².